The Kier molecular flexibility index (Phi) is 5.06. The molecule has 0 bridgehead atoms. The van der Waals surface area contributed by atoms with Gasteiger partial charge >= 0.3 is 13.3 Å². The molecule has 1 aromatic carbocycles. The van der Waals surface area contributed by atoms with E-state index in [1.807, 2.05) is 27.7 Å². The van der Waals surface area contributed by atoms with Crippen molar-refractivity contribution in [2.24, 2.45) is 5.73 Å². The number of nitriles is 1. The Balaban J connectivity index is 2.47. The van der Waals surface area contributed by atoms with Gasteiger partial charge in [-0.3, -0.25) is 0 Å². The number of nitrogens with two attached hydrogens (primary N) is 1. The Labute approximate surface area is 145 Å². The SMILES string of the molecule is CC1(C)OB(C(=Cc2ccc(C#N)cc2C(F)(F)F)CN)OC1(C)C. The van der Waals surface area contributed by atoms with Crippen molar-refractivity contribution in [1.29, 1.82) is 5.26 Å². The summed E-state index contributed by atoms with van der Waals surface area (Å²) in [6, 6.07) is 5.12. The molecule has 25 heavy (non-hydrogen) atoms. The van der Waals surface area contributed by atoms with Gasteiger partial charge in [0.05, 0.1) is 28.4 Å². The van der Waals surface area contributed by atoms with E-state index in [-0.39, 0.29) is 17.7 Å². The Morgan fingerprint density at radius 1 is 1.24 bits per heavy atom. The van der Waals surface area contributed by atoms with Gasteiger partial charge in [0.2, 0.25) is 0 Å². The van der Waals surface area contributed by atoms with Crippen LogP contribution in [0.5, 0.6) is 0 Å². The van der Waals surface area contributed by atoms with Gasteiger partial charge in [0.1, 0.15) is 0 Å². The quantitative estimate of drug-likeness (QED) is 0.845. The van der Waals surface area contributed by atoms with E-state index in [4.69, 9.17) is 20.3 Å². The number of alkyl halides is 3. The van der Waals surface area contributed by atoms with E-state index in [0.29, 0.717) is 5.47 Å². The molecule has 0 aliphatic carbocycles. The molecule has 1 fully saturated rings. The largest absolute Gasteiger partial charge is 0.491 e. The molecule has 0 aromatic heterocycles. The Morgan fingerprint density at radius 3 is 2.24 bits per heavy atom. The molecular weight excluding hydrogens is 332 g/mol. The van der Waals surface area contributed by atoms with Gasteiger partial charge in [-0.05, 0) is 50.9 Å². The highest BCUT2D eigenvalue weighted by Gasteiger charge is 2.52. The summed E-state index contributed by atoms with van der Waals surface area (Å²) in [5.41, 5.74) is 3.85. The summed E-state index contributed by atoms with van der Waals surface area (Å²) in [6.45, 7) is 7.39. The van der Waals surface area contributed by atoms with Crippen LogP contribution < -0.4 is 5.73 Å². The summed E-state index contributed by atoms with van der Waals surface area (Å²) >= 11 is 0. The Hall–Kier alpha value is -1.82. The number of rotatable bonds is 3. The second kappa shape index (κ2) is 6.48. The highest BCUT2D eigenvalue weighted by molar-refractivity contribution is 6.55. The van der Waals surface area contributed by atoms with Crippen LogP contribution in [0, 0.1) is 11.3 Å². The fourth-order valence-electron chi connectivity index (χ4n) is 2.41. The standard InChI is InChI=1S/C17H20BF3N2O2/c1-15(2)16(3,4)25-18(24-15)13(10-23)8-12-6-5-11(9-22)7-14(12)17(19,20)21/h5-8H,10,23H2,1-4H3. The van der Waals surface area contributed by atoms with Crippen LogP contribution in [-0.4, -0.2) is 24.9 Å². The fraction of sp³-hybridized carbons (Fsp3) is 0.471. The molecule has 0 amide bonds. The Bertz CT molecular complexity index is 720. The Morgan fingerprint density at radius 2 is 1.80 bits per heavy atom. The molecular formula is C17H20BF3N2O2. The number of hydrogen-bond donors (Lipinski definition) is 1. The molecule has 134 valence electrons. The van der Waals surface area contributed by atoms with Crippen LogP contribution in [0.15, 0.2) is 23.7 Å². The first-order chi connectivity index (χ1) is 11.4. The van der Waals surface area contributed by atoms with Crippen LogP contribution in [-0.2, 0) is 15.5 Å². The zero-order chi connectivity index (χ0) is 19.0. The van der Waals surface area contributed by atoms with Crippen LogP contribution >= 0.6 is 0 Å². The van der Waals surface area contributed by atoms with E-state index in [1.165, 1.54) is 18.2 Å². The number of benzene rings is 1. The maximum Gasteiger partial charge on any atom is 0.491 e. The van der Waals surface area contributed by atoms with E-state index in [2.05, 4.69) is 0 Å². The van der Waals surface area contributed by atoms with Crippen molar-refractivity contribution in [3.05, 3.63) is 40.4 Å². The van der Waals surface area contributed by atoms with E-state index < -0.39 is 30.1 Å². The van der Waals surface area contributed by atoms with E-state index in [1.54, 1.807) is 6.07 Å². The van der Waals surface area contributed by atoms with E-state index >= 15 is 0 Å². The van der Waals surface area contributed by atoms with Crippen LogP contribution in [0.25, 0.3) is 6.08 Å². The lowest BCUT2D eigenvalue weighted by Gasteiger charge is -2.32. The lowest BCUT2D eigenvalue weighted by atomic mass is 9.76. The topological polar surface area (TPSA) is 68.3 Å². The molecule has 0 atom stereocenters. The predicted molar refractivity (Wildman–Crippen MR) is 89.3 cm³/mol. The first-order valence-corrected chi connectivity index (χ1v) is 7.79. The molecule has 0 radical (unpaired) electrons. The minimum absolute atomic E-state index is 0.0197. The van der Waals surface area contributed by atoms with Crippen LogP contribution in [0.1, 0.15) is 44.4 Å². The van der Waals surface area contributed by atoms with Crippen molar-refractivity contribution in [1.82, 2.24) is 0 Å². The molecule has 1 aliphatic rings. The van der Waals surface area contributed by atoms with Crippen molar-refractivity contribution >= 4 is 13.2 Å². The van der Waals surface area contributed by atoms with Gasteiger partial charge < -0.3 is 15.0 Å². The molecule has 1 aromatic rings. The van der Waals surface area contributed by atoms with E-state index in [0.717, 1.165) is 6.07 Å². The maximum atomic E-state index is 13.3. The second-order valence-electron chi connectivity index (χ2n) is 6.92. The van der Waals surface area contributed by atoms with Crippen LogP contribution in [0.3, 0.4) is 0 Å². The zero-order valence-electron chi connectivity index (χ0n) is 14.6. The molecule has 1 heterocycles. The first kappa shape index (κ1) is 19.5. The highest BCUT2D eigenvalue weighted by atomic mass is 19.4. The van der Waals surface area contributed by atoms with Crippen molar-refractivity contribution in [2.45, 2.75) is 45.1 Å². The molecule has 0 saturated carbocycles. The average molecular weight is 352 g/mol. The van der Waals surface area contributed by atoms with Crippen LogP contribution in [0.2, 0.25) is 0 Å². The van der Waals surface area contributed by atoms with E-state index in [9.17, 15) is 13.2 Å². The van der Waals surface area contributed by atoms with Crippen molar-refractivity contribution < 1.29 is 22.5 Å². The third-order valence-corrected chi connectivity index (χ3v) is 4.62. The summed E-state index contributed by atoms with van der Waals surface area (Å²) in [7, 11) is -0.827. The summed E-state index contributed by atoms with van der Waals surface area (Å²) in [5, 5.41) is 8.84. The summed E-state index contributed by atoms with van der Waals surface area (Å²) in [4.78, 5) is 0. The van der Waals surface area contributed by atoms with Gasteiger partial charge in [-0.15, -0.1) is 0 Å². The second-order valence-corrected chi connectivity index (χ2v) is 6.92. The zero-order valence-corrected chi connectivity index (χ0v) is 14.6. The van der Waals surface area contributed by atoms with Gasteiger partial charge in [0.25, 0.3) is 0 Å². The van der Waals surface area contributed by atoms with Gasteiger partial charge in [0.15, 0.2) is 0 Å². The number of halogens is 3. The lowest BCUT2D eigenvalue weighted by molar-refractivity contribution is -0.137. The van der Waals surface area contributed by atoms with Gasteiger partial charge in [-0.25, -0.2) is 0 Å². The summed E-state index contributed by atoms with van der Waals surface area (Å²) < 4.78 is 51.6. The highest BCUT2D eigenvalue weighted by Crippen LogP contribution is 2.39. The van der Waals surface area contributed by atoms with Crippen LogP contribution in [0.4, 0.5) is 13.2 Å². The van der Waals surface area contributed by atoms with Crippen molar-refractivity contribution in [2.75, 3.05) is 6.54 Å². The third-order valence-electron chi connectivity index (χ3n) is 4.62. The van der Waals surface area contributed by atoms with Gasteiger partial charge in [0, 0.05) is 6.54 Å². The van der Waals surface area contributed by atoms with Crippen molar-refractivity contribution in [3.63, 3.8) is 0 Å². The fourth-order valence-corrected chi connectivity index (χ4v) is 2.41. The molecule has 0 unspecified atom stereocenters. The number of hydrogen-bond acceptors (Lipinski definition) is 4. The lowest BCUT2D eigenvalue weighted by Crippen LogP contribution is -2.41. The van der Waals surface area contributed by atoms with Crippen molar-refractivity contribution in [3.8, 4) is 6.07 Å². The summed E-state index contributed by atoms with van der Waals surface area (Å²) in [6.07, 6.45) is -3.26. The summed E-state index contributed by atoms with van der Waals surface area (Å²) in [5.74, 6) is 0. The monoisotopic (exact) mass is 352 g/mol. The maximum absolute atomic E-state index is 13.3. The molecule has 8 heteroatoms. The molecule has 1 saturated heterocycles. The molecule has 1 aliphatic heterocycles. The first-order valence-electron chi connectivity index (χ1n) is 7.79. The normalized spacial score (nSPS) is 19.8. The minimum Gasteiger partial charge on any atom is -0.400 e. The predicted octanol–water partition coefficient (Wildman–Crippen LogP) is 3.55. The average Bonchev–Trinajstić information content (AvgIpc) is 2.71. The molecule has 4 nitrogen and oxygen atoms in total. The minimum atomic E-state index is -4.59. The smallest absolute Gasteiger partial charge is 0.400 e. The van der Waals surface area contributed by atoms with Gasteiger partial charge in [-0.1, -0.05) is 12.1 Å². The molecule has 2 rings (SSSR count). The number of nitrogens with zero attached hydrogens (tertiary/aromatic N) is 1. The molecule has 2 N–H and O–H groups in total. The molecule has 0 spiro atoms. The third kappa shape index (κ3) is 3.89. The van der Waals surface area contributed by atoms with Gasteiger partial charge in [-0.2, -0.15) is 18.4 Å².